The third kappa shape index (κ3) is 3.47. The molecule has 162 valence electrons. The van der Waals surface area contributed by atoms with E-state index in [1.165, 1.54) is 12.1 Å². The van der Waals surface area contributed by atoms with E-state index >= 15 is 0 Å². The minimum Gasteiger partial charge on any atom is -0.328 e. The molecule has 0 radical (unpaired) electrons. The summed E-state index contributed by atoms with van der Waals surface area (Å²) in [5.41, 5.74) is 3.19. The molecule has 0 bridgehead atoms. The lowest BCUT2D eigenvalue weighted by Crippen LogP contribution is -2.26. The van der Waals surface area contributed by atoms with Crippen molar-refractivity contribution in [2.24, 2.45) is 0 Å². The molecule has 0 saturated heterocycles. The number of carbonyl (C=O) groups excluding carboxylic acids is 1. The molecule has 0 N–H and O–H groups in total. The zero-order valence-electron chi connectivity index (χ0n) is 17.2. The van der Waals surface area contributed by atoms with Gasteiger partial charge in [-0.1, -0.05) is 17.7 Å². The van der Waals surface area contributed by atoms with Crippen molar-refractivity contribution in [1.82, 2.24) is 19.2 Å². The van der Waals surface area contributed by atoms with E-state index in [-0.39, 0.29) is 11.5 Å². The van der Waals surface area contributed by atoms with Gasteiger partial charge in [-0.15, -0.1) is 0 Å². The topological polar surface area (TPSA) is 43.1 Å². The number of benzene rings is 2. The van der Waals surface area contributed by atoms with Gasteiger partial charge in [0.1, 0.15) is 5.82 Å². The molecule has 0 saturated carbocycles. The molecule has 1 aliphatic heterocycles. The number of carbonyl (C=O) groups is 1. The van der Waals surface area contributed by atoms with Gasteiger partial charge in [0, 0.05) is 23.5 Å². The summed E-state index contributed by atoms with van der Waals surface area (Å²) in [6.45, 7) is 2.64. The normalized spacial score (nSPS) is 13.4. The average Bonchev–Trinajstić information content (AvgIpc) is 3.49. The fourth-order valence-electron chi connectivity index (χ4n) is 3.94. The molecular weight excluding hydrogens is 417 g/mol. The molecule has 3 heterocycles. The van der Waals surface area contributed by atoms with Gasteiger partial charge in [0.25, 0.3) is 5.91 Å². The number of halogens is 3. The Balaban J connectivity index is 1.47. The predicted molar refractivity (Wildman–Crippen MR) is 113 cm³/mol. The number of hydrogen-bond donors (Lipinski definition) is 0. The fraction of sp³-hybridized carbons (Fsp3) is 0.167. The molecule has 4 aromatic rings. The highest BCUT2D eigenvalue weighted by molar-refractivity contribution is 5.94. The monoisotopic (exact) mass is 436 g/mol. The van der Waals surface area contributed by atoms with E-state index in [1.807, 2.05) is 65.0 Å². The first-order valence-electron chi connectivity index (χ1n) is 10.1. The minimum absolute atomic E-state index is 0.220. The third-order valence-corrected chi connectivity index (χ3v) is 5.60. The summed E-state index contributed by atoms with van der Waals surface area (Å²) < 4.78 is 42.3. The van der Waals surface area contributed by atoms with E-state index in [9.17, 15) is 18.0 Å². The molecule has 2 aromatic heterocycles. The van der Waals surface area contributed by atoms with Gasteiger partial charge in [-0.3, -0.25) is 4.79 Å². The number of hydrogen-bond acceptors (Lipinski definition) is 2. The molecule has 0 fully saturated rings. The predicted octanol–water partition coefficient (Wildman–Crippen LogP) is 5.15. The summed E-state index contributed by atoms with van der Waals surface area (Å²) in [5.74, 6) is 0.522. The van der Waals surface area contributed by atoms with Crippen LogP contribution in [0.15, 0.2) is 73.1 Å². The number of amides is 1. The molecule has 0 unspecified atom stereocenters. The maximum atomic E-state index is 13.0. The van der Waals surface area contributed by atoms with Gasteiger partial charge in [-0.2, -0.15) is 18.3 Å². The van der Waals surface area contributed by atoms with Gasteiger partial charge in [-0.25, -0.2) is 4.68 Å². The number of aryl methyl sites for hydroxylation is 1. The lowest BCUT2D eigenvalue weighted by molar-refractivity contribution is -0.137. The van der Waals surface area contributed by atoms with Crippen molar-refractivity contribution in [1.29, 1.82) is 0 Å². The number of fused-ring (bicyclic) bond motifs is 1. The van der Waals surface area contributed by atoms with E-state index < -0.39 is 11.7 Å². The number of nitrogens with zero attached hydrogens (tertiary/aromatic N) is 4. The van der Waals surface area contributed by atoms with Crippen LogP contribution in [0.1, 0.15) is 32.7 Å². The van der Waals surface area contributed by atoms with Crippen LogP contribution in [0, 0.1) is 6.92 Å². The van der Waals surface area contributed by atoms with Crippen LogP contribution in [0.2, 0.25) is 0 Å². The van der Waals surface area contributed by atoms with Crippen LogP contribution in [0.3, 0.4) is 0 Å². The van der Waals surface area contributed by atoms with Crippen LogP contribution in [0.25, 0.3) is 11.5 Å². The molecule has 32 heavy (non-hydrogen) atoms. The standard InChI is InChI=1S/C24H19F3N4O/c1-16-4-10-19(11-5-16)31-22(29-12-2-3-13-29)20-14-30(15-21(20)28-31)23(32)17-6-8-18(9-7-17)24(25,26)27/h2-13H,14-15H2,1H3. The highest BCUT2D eigenvalue weighted by Crippen LogP contribution is 2.32. The lowest BCUT2D eigenvalue weighted by atomic mass is 10.1. The Bertz CT molecular complexity index is 1270. The van der Waals surface area contributed by atoms with Gasteiger partial charge in [0.15, 0.2) is 0 Å². The van der Waals surface area contributed by atoms with E-state index in [2.05, 4.69) is 0 Å². The molecule has 0 spiro atoms. The first-order chi connectivity index (χ1) is 15.3. The van der Waals surface area contributed by atoms with Gasteiger partial charge >= 0.3 is 6.18 Å². The number of rotatable bonds is 3. The Morgan fingerprint density at radius 2 is 1.59 bits per heavy atom. The minimum atomic E-state index is -4.43. The molecule has 0 atom stereocenters. The largest absolute Gasteiger partial charge is 0.416 e. The highest BCUT2D eigenvalue weighted by atomic mass is 19.4. The van der Waals surface area contributed by atoms with Gasteiger partial charge in [0.2, 0.25) is 0 Å². The van der Waals surface area contributed by atoms with Crippen molar-refractivity contribution in [2.75, 3.05) is 0 Å². The zero-order chi connectivity index (χ0) is 22.5. The second-order valence-electron chi connectivity index (χ2n) is 7.82. The van der Waals surface area contributed by atoms with E-state index in [0.29, 0.717) is 13.1 Å². The number of aromatic nitrogens is 3. The van der Waals surface area contributed by atoms with E-state index in [1.54, 1.807) is 4.90 Å². The molecule has 0 aliphatic carbocycles. The van der Waals surface area contributed by atoms with Crippen molar-refractivity contribution in [2.45, 2.75) is 26.2 Å². The molecule has 5 rings (SSSR count). The Morgan fingerprint density at radius 1 is 0.938 bits per heavy atom. The summed E-state index contributed by atoms with van der Waals surface area (Å²) in [5, 5.41) is 4.77. The third-order valence-electron chi connectivity index (χ3n) is 5.60. The van der Waals surface area contributed by atoms with Crippen LogP contribution in [0.5, 0.6) is 0 Å². The van der Waals surface area contributed by atoms with Crippen molar-refractivity contribution >= 4 is 5.91 Å². The first-order valence-corrected chi connectivity index (χ1v) is 10.1. The molecule has 1 amide bonds. The van der Waals surface area contributed by atoms with Crippen LogP contribution in [-0.2, 0) is 19.3 Å². The molecular formula is C24H19F3N4O. The van der Waals surface area contributed by atoms with E-state index in [4.69, 9.17) is 5.10 Å². The first kappa shape index (κ1) is 20.1. The highest BCUT2D eigenvalue weighted by Gasteiger charge is 2.33. The summed E-state index contributed by atoms with van der Waals surface area (Å²) in [6.07, 6.45) is -0.596. The Labute approximate surface area is 182 Å². The summed E-state index contributed by atoms with van der Waals surface area (Å²) in [6, 6.07) is 16.2. The Hall–Kier alpha value is -3.81. The molecule has 5 nitrogen and oxygen atoms in total. The van der Waals surface area contributed by atoms with Crippen LogP contribution >= 0.6 is 0 Å². The summed E-state index contributed by atoms with van der Waals surface area (Å²) >= 11 is 0. The average molecular weight is 436 g/mol. The maximum absolute atomic E-state index is 13.0. The lowest BCUT2D eigenvalue weighted by Gasteiger charge is -2.18. The molecule has 8 heteroatoms. The quantitative estimate of drug-likeness (QED) is 0.446. The van der Waals surface area contributed by atoms with Crippen molar-refractivity contribution in [3.8, 4) is 11.5 Å². The SMILES string of the molecule is Cc1ccc(-n2nc3c(c2-n2cccc2)CN(C(=O)c2ccc(C(F)(F)F)cc2)C3)cc1. The Morgan fingerprint density at radius 3 is 2.22 bits per heavy atom. The summed E-state index contributed by atoms with van der Waals surface area (Å²) in [7, 11) is 0. The van der Waals surface area contributed by atoms with Crippen molar-refractivity contribution in [3.63, 3.8) is 0 Å². The number of alkyl halides is 3. The second-order valence-corrected chi connectivity index (χ2v) is 7.82. The Kier molecular flexibility index (Phi) is 4.65. The summed E-state index contributed by atoms with van der Waals surface area (Å²) in [4.78, 5) is 14.6. The van der Waals surface area contributed by atoms with Crippen molar-refractivity contribution < 1.29 is 18.0 Å². The zero-order valence-corrected chi connectivity index (χ0v) is 17.2. The van der Waals surface area contributed by atoms with Crippen LogP contribution < -0.4 is 0 Å². The van der Waals surface area contributed by atoms with Crippen LogP contribution in [0.4, 0.5) is 13.2 Å². The van der Waals surface area contributed by atoms with Gasteiger partial charge in [0.05, 0.1) is 30.0 Å². The van der Waals surface area contributed by atoms with Gasteiger partial charge in [-0.05, 0) is 55.5 Å². The maximum Gasteiger partial charge on any atom is 0.416 e. The smallest absolute Gasteiger partial charge is 0.328 e. The van der Waals surface area contributed by atoms with Crippen LogP contribution in [-0.4, -0.2) is 25.2 Å². The fourth-order valence-corrected chi connectivity index (χ4v) is 3.94. The van der Waals surface area contributed by atoms with Gasteiger partial charge < -0.3 is 9.47 Å². The molecule has 2 aromatic carbocycles. The molecule has 1 aliphatic rings. The van der Waals surface area contributed by atoms with Crippen molar-refractivity contribution in [3.05, 3.63) is 101 Å². The van der Waals surface area contributed by atoms with E-state index in [0.717, 1.165) is 40.5 Å². The second kappa shape index (κ2) is 7.40.